The van der Waals surface area contributed by atoms with Crippen LogP contribution in [-0.2, 0) is 0 Å². The van der Waals surface area contributed by atoms with Gasteiger partial charge in [-0.15, -0.1) is 0 Å². The fourth-order valence-electron chi connectivity index (χ4n) is 3.75. The lowest BCUT2D eigenvalue weighted by Crippen LogP contribution is -2.38. The Hall–Kier alpha value is 0.310. The molecule has 2 heteroatoms. The van der Waals surface area contributed by atoms with Gasteiger partial charge >= 0.3 is 0 Å². The third-order valence-corrected chi connectivity index (χ3v) is 6.72. The lowest BCUT2D eigenvalue weighted by Gasteiger charge is -2.33. The highest BCUT2D eigenvalue weighted by Crippen LogP contribution is 2.35. The van der Waals surface area contributed by atoms with Crippen molar-refractivity contribution in [1.29, 1.82) is 0 Å². The van der Waals surface area contributed by atoms with Crippen molar-refractivity contribution in [2.24, 2.45) is 11.8 Å². The summed E-state index contributed by atoms with van der Waals surface area (Å²) in [5.74, 6) is 3.33. The number of thioether (sulfide) groups is 1. The molecule has 1 unspecified atom stereocenters. The van der Waals surface area contributed by atoms with Gasteiger partial charge in [0.2, 0.25) is 0 Å². The molecular formula is C16H31NS. The van der Waals surface area contributed by atoms with Crippen molar-refractivity contribution < 1.29 is 0 Å². The van der Waals surface area contributed by atoms with Crippen molar-refractivity contribution in [3.8, 4) is 0 Å². The SMILES string of the molecule is CCC1CCC(C(CSC2CCCC2)NC)CC1. The molecule has 2 rings (SSSR count). The Balaban J connectivity index is 1.70. The summed E-state index contributed by atoms with van der Waals surface area (Å²) in [6.45, 7) is 2.36. The maximum Gasteiger partial charge on any atom is 0.0183 e. The summed E-state index contributed by atoms with van der Waals surface area (Å²) in [4.78, 5) is 0. The fraction of sp³-hybridized carbons (Fsp3) is 1.00. The Labute approximate surface area is 118 Å². The van der Waals surface area contributed by atoms with Gasteiger partial charge in [0.15, 0.2) is 0 Å². The summed E-state index contributed by atoms with van der Waals surface area (Å²) < 4.78 is 0. The van der Waals surface area contributed by atoms with E-state index in [1.165, 1.54) is 63.5 Å². The van der Waals surface area contributed by atoms with Gasteiger partial charge in [-0.3, -0.25) is 0 Å². The highest BCUT2D eigenvalue weighted by molar-refractivity contribution is 7.99. The molecule has 0 aromatic heterocycles. The molecule has 0 aromatic carbocycles. The van der Waals surface area contributed by atoms with Gasteiger partial charge in [-0.05, 0) is 44.6 Å². The zero-order chi connectivity index (χ0) is 12.8. The maximum absolute atomic E-state index is 3.61. The molecule has 0 radical (unpaired) electrons. The summed E-state index contributed by atoms with van der Waals surface area (Å²) in [5, 5.41) is 4.59. The molecule has 2 fully saturated rings. The van der Waals surface area contributed by atoms with Gasteiger partial charge in [-0.2, -0.15) is 11.8 Å². The Bertz CT molecular complexity index is 217. The number of hydrogen-bond donors (Lipinski definition) is 1. The zero-order valence-electron chi connectivity index (χ0n) is 12.3. The lowest BCUT2D eigenvalue weighted by atomic mass is 9.78. The van der Waals surface area contributed by atoms with Crippen molar-refractivity contribution in [1.82, 2.24) is 5.32 Å². The minimum atomic E-state index is 0.772. The maximum atomic E-state index is 3.61. The number of rotatable bonds is 6. The largest absolute Gasteiger partial charge is 0.316 e. The molecule has 1 atom stereocenters. The van der Waals surface area contributed by atoms with Crippen LogP contribution < -0.4 is 5.32 Å². The summed E-state index contributed by atoms with van der Waals surface area (Å²) in [5.41, 5.74) is 0. The van der Waals surface area contributed by atoms with Gasteiger partial charge in [0, 0.05) is 17.0 Å². The molecule has 0 aliphatic heterocycles. The van der Waals surface area contributed by atoms with Crippen molar-refractivity contribution in [3.05, 3.63) is 0 Å². The van der Waals surface area contributed by atoms with E-state index in [1.807, 2.05) is 0 Å². The first kappa shape index (κ1) is 14.7. The van der Waals surface area contributed by atoms with Crippen LogP contribution in [0.4, 0.5) is 0 Å². The molecule has 1 nitrogen and oxygen atoms in total. The molecule has 0 saturated heterocycles. The summed E-state index contributed by atoms with van der Waals surface area (Å²) in [6, 6.07) is 0.772. The van der Waals surface area contributed by atoms with E-state index in [9.17, 15) is 0 Å². The third-order valence-electron chi connectivity index (χ3n) is 5.22. The number of nitrogens with one attached hydrogen (secondary N) is 1. The van der Waals surface area contributed by atoms with E-state index in [1.54, 1.807) is 0 Å². The summed E-state index contributed by atoms with van der Waals surface area (Å²) >= 11 is 2.25. The molecule has 1 N–H and O–H groups in total. The van der Waals surface area contributed by atoms with Crippen LogP contribution in [0, 0.1) is 11.8 Å². The van der Waals surface area contributed by atoms with Crippen LogP contribution in [0.1, 0.15) is 64.7 Å². The summed E-state index contributed by atoms with van der Waals surface area (Å²) in [6.07, 6.45) is 13.2. The van der Waals surface area contributed by atoms with Crippen LogP contribution in [0.25, 0.3) is 0 Å². The molecule has 106 valence electrons. The zero-order valence-corrected chi connectivity index (χ0v) is 13.1. The monoisotopic (exact) mass is 269 g/mol. The number of hydrogen-bond acceptors (Lipinski definition) is 2. The second kappa shape index (κ2) is 7.79. The molecule has 0 heterocycles. The minimum Gasteiger partial charge on any atom is -0.316 e. The highest BCUT2D eigenvalue weighted by Gasteiger charge is 2.27. The molecule has 0 amide bonds. The van der Waals surface area contributed by atoms with E-state index >= 15 is 0 Å². The van der Waals surface area contributed by atoms with Crippen LogP contribution in [0.15, 0.2) is 0 Å². The van der Waals surface area contributed by atoms with E-state index in [4.69, 9.17) is 0 Å². The van der Waals surface area contributed by atoms with E-state index in [0.29, 0.717) is 0 Å². The lowest BCUT2D eigenvalue weighted by molar-refractivity contribution is 0.233. The molecule has 0 bridgehead atoms. The van der Waals surface area contributed by atoms with Crippen molar-refractivity contribution in [2.75, 3.05) is 12.8 Å². The average Bonchev–Trinajstić information content (AvgIpc) is 2.93. The Morgan fingerprint density at radius 1 is 1.06 bits per heavy atom. The first-order chi connectivity index (χ1) is 8.83. The van der Waals surface area contributed by atoms with Crippen molar-refractivity contribution in [3.63, 3.8) is 0 Å². The fourth-order valence-corrected chi connectivity index (χ4v) is 5.33. The molecule has 2 aliphatic rings. The van der Waals surface area contributed by atoms with Gasteiger partial charge in [-0.1, -0.05) is 39.0 Å². The minimum absolute atomic E-state index is 0.772. The van der Waals surface area contributed by atoms with Gasteiger partial charge in [-0.25, -0.2) is 0 Å². The van der Waals surface area contributed by atoms with E-state index in [2.05, 4.69) is 31.1 Å². The van der Waals surface area contributed by atoms with Crippen LogP contribution in [0.3, 0.4) is 0 Å². The quantitative estimate of drug-likeness (QED) is 0.763. The molecule has 2 aliphatic carbocycles. The molecular weight excluding hydrogens is 238 g/mol. The normalized spacial score (nSPS) is 31.7. The van der Waals surface area contributed by atoms with Gasteiger partial charge in [0.25, 0.3) is 0 Å². The van der Waals surface area contributed by atoms with Crippen molar-refractivity contribution >= 4 is 11.8 Å². The predicted octanol–water partition coefficient (Wildman–Crippen LogP) is 4.47. The Kier molecular flexibility index (Phi) is 6.37. The first-order valence-electron chi connectivity index (χ1n) is 8.12. The first-order valence-corrected chi connectivity index (χ1v) is 9.17. The van der Waals surface area contributed by atoms with Crippen LogP contribution >= 0.6 is 11.8 Å². The van der Waals surface area contributed by atoms with Gasteiger partial charge < -0.3 is 5.32 Å². The molecule has 0 spiro atoms. The Morgan fingerprint density at radius 3 is 2.28 bits per heavy atom. The van der Waals surface area contributed by atoms with Crippen LogP contribution in [0.2, 0.25) is 0 Å². The molecule has 2 saturated carbocycles. The second-order valence-corrected chi connectivity index (χ2v) is 7.66. The third kappa shape index (κ3) is 4.16. The van der Waals surface area contributed by atoms with Gasteiger partial charge in [0.05, 0.1) is 0 Å². The standard InChI is InChI=1S/C16H31NS/c1-3-13-8-10-14(11-9-13)16(17-2)12-18-15-6-4-5-7-15/h13-17H,3-12H2,1-2H3. The van der Waals surface area contributed by atoms with Crippen LogP contribution in [0.5, 0.6) is 0 Å². The van der Waals surface area contributed by atoms with Crippen LogP contribution in [-0.4, -0.2) is 24.1 Å². The van der Waals surface area contributed by atoms with Gasteiger partial charge in [0.1, 0.15) is 0 Å². The second-order valence-electron chi connectivity index (χ2n) is 6.32. The molecule has 0 aromatic rings. The topological polar surface area (TPSA) is 12.0 Å². The smallest absolute Gasteiger partial charge is 0.0183 e. The predicted molar refractivity (Wildman–Crippen MR) is 83.3 cm³/mol. The van der Waals surface area contributed by atoms with E-state index in [-0.39, 0.29) is 0 Å². The summed E-state index contributed by atoms with van der Waals surface area (Å²) in [7, 11) is 2.17. The molecule has 18 heavy (non-hydrogen) atoms. The average molecular weight is 269 g/mol. The van der Waals surface area contributed by atoms with Crippen molar-refractivity contribution in [2.45, 2.75) is 76.0 Å². The Morgan fingerprint density at radius 2 is 1.72 bits per heavy atom. The highest BCUT2D eigenvalue weighted by atomic mass is 32.2. The van der Waals surface area contributed by atoms with E-state index < -0.39 is 0 Å². The van der Waals surface area contributed by atoms with E-state index in [0.717, 1.165) is 23.1 Å².